The van der Waals surface area contributed by atoms with E-state index in [1.807, 2.05) is 0 Å². The summed E-state index contributed by atoms with van der Waals surface area (Å²) in [6.45, 7) is 0. The Morgan fingerprint density at radius 1 is 0.200 bits per heavy atom. The van der Waals surface area contributed by atoms with Gasteiger partial charge in [-0.05, 0) is 164 Å². The molecular formula is C74H47N. The molecule has 1 spiro atoms. The van der Waals surface area contributed by atoms with E-state index < -0.39 is 5.41 Å². The third-order valence-corrected chi connectivity index (χ3v) is 17.1. The van der Waals surface area contributed by atoms with Crippen LogP contribution in [0.2, 0.25) is 0 Å². The second kappa shape index (κ2) is 16.0. The van der Waals surface area contributed by atoms with Crippen LogP contribution in [0.5, 0.6) is 0 Å². The molecule has 0 N–H and O–H groups in total. The molecule has 1 heteroatoms. The first-order chi connectivity index (χ1) is 37.2. The summed E-state index contributed by atoms with van der Waals surface area (Å²) in [5.41, 5.74) is 23.1. The standard InChI is InChI=1S/C74H47N/c1-3-19-50(20-4-1)73(51-21-5-2-6-22-51)67-31-15-11-29-62(67)64-43-41-54(47-72(64)73)75(53-40-42-59-57-25-8-7-23-55(57)56-24-9-10-26-58(56)65(59)46-53)52-38-35-48(36-39-52)49-37-44-71-66(45-49)63-30-14-18-34-70(63)74(71)68-32-16-12-27-60(68)61-28-13-17-33-69(61)74/h1-47H. The minimum Gasteiger partial charge on any atom is -0.310 e. The van der Waals surface area contributed by atoms with Gasteiger partial charge in [-0.3, -0.25) is 0 Å². The minimum atomic E-state index is -0.536. The monoisotopic (exact) mass is 949 g/mol. The van der Waals surface area contributed by atoms with Crippen molar-refractivity contribution < 1.29 is 0 Å². The molecule has 3 aliphatic rings. The number of hydrogen-bond acceptors (Lipinski definition) is 1. The van der Waals surface area contributed by atoms with Crippen LogP contribution in [0.1, 0.15) is 44.5 Å². The molecule has 1 nitrogen and oxygen atoms in total. The molecule has 0 aliphatic heterocycles. The maximum absolute atomic E-state index is 2.49. The van der Waals surface area contributed by atoms with Crippen molar-refractivity contribution in [2.24, 2.45) is 0 Å². The lowest BCUT2D eigenvalue weighted by atomic mass is 9.67. The quantitative estimate of drug-likeness (QED) is 0.150. The van der Waals surface area contributed by atoms with Crippen molar-refractivity contribution in [1.29, 1.82) is 0 Å². The van der Waals surface area contributed by atoms with Gasteiger partial charge in [0, 0.05) is 17.1 Å². The molecule has 0 fully saturated rings. The van der Waals surface area contributed by atoms with Crippen LogP contribution in [0, 0.1) is 0 Å². The second-order valence-electron chi connectivity index (χ2n) is 20.6. The number of anilines is 3. The summed E-state index contributed by atoms with van der Waals surface area (Å²) in [5.74, 6) is 0. The van der Waals surface area contributed by atoms with E-state index in [2.05, 4.69) is 290 Å². The predicted octanol–water partition coefficient (Wildman–Crippen LogP) is 19.0. The van der Waals surface area contributed by atoms with Crippen LogP contribution in [0.4, 0.5) is 17.1 Å². The van der Waals surface area contributed by atoms with Gasteiger partial charge in [0.1, 0.15) is 0 Å². The fourth-order valence-corrected chi connectivity index (χ4v) is 14.1. The van der Waals surface area contributed by atoms with Crippen LogP contribution in [0.25, 0.3) is 76.8 Å². The van der Waals surface area contributed by atoms with Crippen molar-refractivity contribution >= 4 is 49.4 Å². The Bertz CT molecular complexity index is 4350. The highest BCUT2D eigenvalue weighted by Crippen LogP contribution is 2.63. The number of fused-ring (bicyclic) bond motifs is 19. The van der Waals surface area contributed by atoms with Crippen LogP contribution in [0.3, 0.4) is 0 Å². The van der Waals surface area contributed by atoms with Gasteiger partial charge in [0.2, 0.25) is 0 Å². The molecule has 0 bridgehead atoms. The van der Waals surface area contributed by atoms with Gasteiger partial charge in [-0.15, -0.1) is 0 Å². The van der Waals surface area contributed by atoms with E-state index in [0.29, 0.717) is 0 Å². The average molecular weight is 950 g/mol. The van der Waals surface area contributed by atoms with Crippen molar-refractivity contribution in [2.75, 3.05) is 4.90 Å². The third-order valence-electron chi connectivity index (χ3n) is 17.1. The molecule has 3 aliphatic carbocycles. The summed E-state index contributed by atoms with van der Waals surface area (Å²) in [4.78, 5) is 2.48. The van der Waals surface area contributed by atoms with Gasteiger partial charge in [0.15, 0.2) is 0 Å². The Morgan fingerprint density at radius 3 is 1.12 bits per heavy atom. The number of hydrogen-bond donors (Lipinski definition) is 0. The first kappa shape index (κ1) is 42.0. The number of rotatable bonds is 6. The summed E-state index contributed by atoms with van der Waals surface area (Å²) < 4.78 is 0. The number of nitrogens with zero attached hydrogens (tertiary/aromatic N) is 1. The molecule has 0 radical (unpaired) electrons. The van der Waals surface area contributed by atoms with Gasteiger partial charge < -0.3 is 4.90 Å². The maximum Gasteiger partial charge on any atom is 0.0725 e. The van der Waals surface area contributed by atoms with Gasteiger partial charge >= 0.3 is 0 Å². The van der Waals surface area contributed by atoms with E-state index in [0.717, 1.165) is 17.1 Å². The van der Waals surface area contributed by atoms with Crippen molar-refractivity contribution in [3.8, 4) is 44.5 Å². The van der Waals surface area contributed by atoms with Crippen LogP contribution in [-0.4, -0.2) is 0 Å². The summed E-state index contributed by atoms with van der Waals surface area (Å²) >= 11 is 0. The van der Waals surface area contributed by atoms with Crippen LogP contribution in [-0.2, 0) is 10.8 Å². The highest BCUT2D eigenvalue weighted by molar-refractivity contribution is 6.26. The zero-order valence-corrected chi connectivity index (χ0v) is 41.1. The fraction of sp³-hybridized carbons (Fsp3) is 0.0270. The van der Waals surface area contributed by atoms with E-state index in [1.165, 1.54) is 121 Å². The largest absolute Gasteiger partial charge is 0.310 e. The highest BCUT2D eigenvalue weighted by Gasteiger charge is 2.51. The molecule has 0 atom stereocenters. The Balaban J connectivity index is 0.891. The SMILES string of the molecule is c1ccc(C2(c3ccccc3)c3ccccc3-c3ccc(N(c4ccc(-c5ccc6c(c5)-c5ccccc5C65c6ccccc6-c6ccccc65)cc4)c4ccc5c6ccccc6c6ccccc6c5c4)cc32)cc1. The summed E-state index contributed by atoms with van der Waals surface area (Å²) in [6.07, 6.45) is 0. The zero-order valence-electron chi connectivity index (χ0n) is 41.1. The van der Waals surface area contributed by atoms with Gasteiger partial charge in [-0.25, -0.2) is 0 Å². The average Bonchev–Trinajstić information content (AvgIpc) is 4.26. The van der Waals surface area contributed by atoms with E-state index >= 15 is 0 Å². The zero-order chi connectivity index (χ0) is 49.2. The second-order valence-corrected chi connectivity index (χ2v) is 20.6. The third kappa shape index (κ3) is 5.73. The molecule has 13 aromatic carbocycles. The normalized spacial score (nSPS) is 13.8. The van der Waals surface area contributed by atoms with Crippen molar-refractivity contribution in [3.63, 3.8) is 0 Å². The summed E-state index contributed by atoms with van der Waals surface area (Å²) in [7, 11) is 0. The molecule has 0 aromatic heterocycles. The molecule has 0 unspecified atom stereocenters. The smallest absolute Gasteiger partial charge is 0.0725 e. The predicted molar refractivity (Wildman–Crippen MR) is 313 cm³/mol. The summed E-state index contributed by atoms with van der Waals surface area (Å²) in [6, 6.07) is 107. The van der Waals surface area contributed by atoms with Crippen LogP contribution >= 0.6 is 0 Å². The molecule has 0 saturated carbocycles. The van der Waals surface area contributed by atoms with Crippen LogP contribution in [0.15, 0.2) is 285 Å². The first-order valence-electron chi connectivity index (χ1n) is 26.2. The molecule has 0 heterocycles. The Labute approximate surface area is 436 Å². The Hall–Kier alpha value is -9.56. The lowest BCUT2D eigenvalue weighted by Crippen LogP contribution is -2.28. The van der Waals surface area contributed by atoms with Crippen molar-refractivity contribution in [1.82, 2.24) is 0 Å². The summed E-state index contributed by atoms with van der Waals surface area (Å²) in [5, 5.41) is 7.56. The van der Waals surface area contributed by atoms with Gasteiger partial charge in [0.05, 0.1) is 10.8 Å². The van der Waals surface area contributed by atoms with Crippen molar-refractivity contribution in [3.05, 3.63) is 330 Å². The van der Waals surface area contributed by atoms with Gasteiger partial charge in [0.25, 0.3) is 0 Å². The molecule has 348 valence electrons. The lowest BCUT2D eigenvalue weighted by Gasteiger charge is -2.35. The lowest BCUT2D eigenvalue weighted by molar-refractivity contribution is 0.768. The van der Waals surface area contributed by atoms with Gasteiger partial charge in [-0.2, -0.15) is 0 Å². The molecule has 13 aromatic rings. The Kier molecular flexibility index (Phi) is 8.94. The highest BCUT2D eigenvalue weighted by atomic mass is 15.1. The number of benzene rings is 13. The van der Waals surface area contributed by atoms with E-state index in [9.17, 15) is 0 Å². The topological polar surface area (TPSA) is 3.24 Å². The van der Waals surface area contributed by atoms with Crippen molar-refractivity contribution in [2.45, 2.75) is 10.8 Å². The Morgan fingerprint density at radius 2 is 0.573 bits per heavy atom. The molecule has 75 heavy (non-hydrogen) atoms. The molecule has 0 saturated heterocycles. The minimum absolute atomic E-state index is 0.366. The van der Waals surface area contributed by atoms with E-state index in [4.69, 9.17) is 0 Å². The molecular weight excluding hydrogens is 903 g/mol. The van der Waals surface area contributed by atoms with Gasteiger partial charge in [-0.1, -0.05) is 243 Å². The maximum atomic E-state index is 2.49. The van der Waals surface area contributed by atoms with E-state index in [-0.39, 0.29) is 5.41 Å². The molecule has 16 rings (SSSR count). The van der Waals surface area contributed by atoms with E-state index in [1.54, 1.807) is 0 Å². The van der Waals surface area contributed by atoms with Crippen LogP contribution < -0.4 is 4.90 Å². The molecule has 0 amide bonds. The fourth-order valence-electron chi connectivity index (χ4n) is 14.1. The first-order valence-corrected chi connectivity index (χ1v) is 26.2.